The van der Waals surface area contributed by atoms with E-state index in [1.54, 1.807) is 18.6 Å². The molecule has 0 atom stereocenters. The maximum absolute atomic E-state index is 4.71. The van der Waals surface area contributed by atoms with Crippen molar-refractivity contribution in [2.75, 3.05) is 5.32 Å². The first kappa shape index (κ1) is 16.2. The molecule has 0 amide bonds. The molecule has 26 heavy (non-hydrogen) atoms. The van der Waals surface area contributed by atoms with Crippen LogP contribution in [0.15, 0.2) is 55.0 Å². The zero-order valence-electron chi connectivity index (χ0n) is 14.8. The number of hydrogen-bond donors (Lipinski definition) is 1. The van der Waals surface area contributed by atoms with Gasteiger partial charge in [-0.1, -0.05) is 19.1 Å². The number of fused-ring (bicyclic) bond motifs is 1. The number of imidazole rings is 1. The number of aromatic nitrogens is 5. The fourth-order valence-electron chi connectivity index (χ4n) is 3.00. The number of pyridine rings is 1. The third-order valence-corrected chi connectivity index (χ3v) is 4.33. The van der Waals surface area contributed by atoms with Gasteiger partial charge in [0.15, 0.2) is 5.65 Å². The molecule has 0 unspecified atom stereocenters. The minimum atomic E-state index is 0.571. The van der Waals surface area contributed by atoms with E-state index in [1.165, 1.54) is 5.56 Å². The molecule has 1 N–H and O–H groups in total. The maximum atomic E-state index is 4.71. The molecule has 0 saturated heterocycles. The van der Waals surface area contributed by atoms with Gasteiger partial charge in [0.1, 0.15) is 11.3 Å². The van der Waals surface area contributed by atoms with E-state index in [9.17, 15) is 0 Å². The van der Waals surface area contributed by atoms with Gasteiger partial charge in [-0.2, -0.15) is 4.98 Å². The number of nitrogens with zero attached hydrogens (tertiary/aromatic N) is 5. The number of anilines is 2. The Labute approximate surface area is 152 Å². The van der Waals surface area contributed by atoms with Gasteiger partial charge in [0.2, 0.25) is 5.95 Å². The summed E-state index contributed by atoms with van der Waals surface area (Å²) in [7, 11) is 0. The summed E-state index contributed by atoms with van der Waals surface area (Å²) in [5.74, 6) is 1.45. The van der Waals surface area contributed by atoms with Crippen molar-refractivity contribution in [3.63, 3.8) is 0 Å². The molecule has 6 heteroatoms. The Kier molecular flexibility index (Phi) is 4.31. The van der Waals surface area contributed by atoms with Crippen molar-refractivity contribution < 1.29 is 0 Å². The molecule has 0 saturated carbocycles. The van der Waals surface area contributed by atoms with Gasteiger partial charge in [0, 0.05) is 30.2 Å². The molecule has 1 aromatic carbocycles. The van der Waals surface area contributed by atoms with Crippen LogP contribution >= 0.6 is 0 Å². The fraction of sp³-hybridized carbons (Fsp3) is 0.200. The Morgan fingerprint density at radius 3 is 2.65 bits per heavy atom. The van der Waals surface area contributed by atoms with Crippen LogP contribution in [0.4, 0.5) is 11.6 Å². The number of aryl methyl sites for hydroxylation is 2. The van der Waals surface area contributed by atoms with Crippen LogP contribution in [0.5, 0.6) is 0 Å². The Morgan fingerprint density at radius 2 is 1.88 bits per heavy atom. The molecule has 0 spiro atoms. The largest absolute Gasteiger partial charge is 0.324 e. The number of nitrogens with one attached hydrogen (secondary N) is 1. The molecule has 0 fully saturated rings. The van der Waals surface area contributed by atoms with Crippen LogP contribution < -0.4 is 5.32 Å². The van der Waals surface area contributed by atoms with Crippen molar-refractivity contribution in [3.05, 3.63) is 60.6 Å². The number of hydrogen-bond acceptors (Lipinski definition) is 5. The highest BCUT2D eigenvalue weighted by Crippen LogP contribution is 2.24. The van der Waals surface area contributed by atoms with E-state index in [0.29, 0.717) is 5.95 Å². The average Bonchev–Trinajstić information content (AvgIpc) is 3.06. The van der Waals surface area contributed by atoms with E-state index in [4.69, 9.17) is 9.97 Å². The summed E-state index contributed by atoms with van der Waals surface area (Å²) in [6, 6.07) is 12.2. The lowest BCUT2D eigenvalue weighted by Gasteiger charge is -2.08. The molecule has 0 aliphatic heterocycles. The molecule has 6 nitrogen and oxygen atoms in total. The Balaban J connectivity index is 1.74. The first-order valence-electron chi connectivity index (χ1n) is 8.78. The first-order valence-corrected chi connectivity index (χ1v) is 8.78. The Morgan fingerprint density at radius 1 is 1.04 bits per heavy atom. The molecular weight excluding hydrogens is 324 g/mol. The standard InChI is InChI=1S/C20H20N6/c1-3-14-6-5-7-16(12-14)23-20-22-13-17-19(25-20)26(4-2)18(24-17)15-8-10-21-11-9-15/h5-13H,3-4H2,1-2H3,(H,22,23,25). The second kappa shape index (κ2) is 6.92. The van der Waals surface area contributed by atoms with Gasteiger partial charge in [0.05, 0.1) is 6.20 Å². The normalized spacial score (nSPS) is 11.0. The highest BCUT2D eigenvalue weighted by Gasteiger charge is 2.14. The summed E-state index contributed by atoms with van der Waals surface area (Å²) >= 11 is 0. The van der Waals surface area contributed by atoms with Gasteiger partial charge in [-0.15, -0.1) is 0 Å². The van der Waals surface area contributed by atoms with Crippen molar-refractivity contribution in [2.45, 2.75) is 26.8 Å². The van der Waals surface area contributed by atoms with E-state index in [2.05, 4.69) is 45.8 Å². The predicted octanol–water partition coefficient (Wildman–Crippen LogP) is 4.21. The summed E-state index contributed by atoms with van der Waals surface area (Å²) in [5.41, 5.74) is 4.88. The van der Waals surface area contributed by atoms with Crippen molar-refractivity contribution >= 4 is 22.8 Å². The molecule has 4 rings (SSSR count). The van der Waals surface area contributed by atoms with E-state index < -0.39 is 0 Å². The van der Waals surface area contributed by atoms with Crippen molar-refractivity contribution in [3.8, 4) is 11.4 Å². The van der Waals surface area contributed by atoms with E-state index in [0.717, 1.165) is 41.2 Å². The van der Waals surface area contributed by atoms with Gasteiger partial charge in [-0.3, -0.25) is 4.98 Å². The quantitative estimate of drug-likeness (QED) is 0.587. The molecule has 0 aliphatic carbocycles. The first-order chi connectivity index (χ1) is 12.8. The summed E-state index contributed by atoms with van der Waals surface area (Å²) < 4.78 is 2.10. The highest BCUT2D eigenvalue weighted by atomic mass is 15.2. The molecule has 0 aliphatic rings. The molecule has 0 bridgehead atoms. The molecule has 130 valence electrons. The lowest BCUT2D eigenvalue weighted by Crippen LogP contribution is -2.02. The van der Waals surface area contributed by atoms with Gasteiger partial charge < -0.3 is 9.88 Å². The predicted molar refractivity (Wildman–Crippen MR) is 103 cm³/mol. The lowest BCUT2D eigenvalue weighted by molar-refractivity contribution is 0.786. The summed E-state index contributed by atoms with van der Waals surface area (Å²) in [4.78, 5) is 17.9. The molecule has 4 aromatic rings. The van der Waals surface area contributed by atoms with Crippen LogP contribution in [0.1, 0.15) is 19.4 Å². The third-order valence-electron chi connectivity index (χ3n) is 4.33. The Bertz CT molecular complexity index is 1040. The minimum Gasteiger partial charge on any atom is -0.324 e. The summed E-state index contributed by atoms with van der Waals surface area (Å²) in [6.45, 7) is 5.00. The van der Waals surface area contributed by atoms with Crippen LogP contribution in [0.25, 0.3) is 22.6 Å². The molecular formula is C20H20N6. The summed E-state index contributed by atoms with van der Waals surface area (Å²) in [6.07, 6.45) is 6.31. The van der Waals surface area contributed by atoms with Crippen LogP contribution in [-0.4, -0.2) is 24.5 Å². The monoisotopic (exact) mass is 344 g/mol. The van der Waals surface area contributed by atoms with Gasteiger partial charge in [0.25, 0.3) is 0 Å². The Hall–Kier alpha value is -3.28. The molecule has 3 aromatic heterocycles. The topological polar surface area (TPSA) is 68.5 Å². The van der Waals surface area contributed by atoms with Crippen molar-refractivity contribution in [1.29, 1.82) is 0 Å². The fourth-order valence-corrected chi connectivity index (χ4v) is 3.00. The maximum Gasteiger partial charge on any atom is 0.229 e. The van der Waals surface area contributed by atoms with E-state index in [1.807, 2.05) is 24.3 Å². The van der Waals surface area contributed by atoms with Crippen LogP contribution in [0.3, 0.4) is 0 Å². The van der Waals surface area contributed by atoms with Crippen molar-refractivity contribution in [2.24, 2.45) is 0 Å². The van der Waals surface area contributed by atoms with Gasteiger partial charge in [-0.25, -0.2) is 9.97 Å². The lowest BCUT2D eigenvalue weighted by atomic mass is 10.1. The second-order valence-electron chi connectivity index (χ2n) is 6.00. The van der Waals surface area contributed by atoms with Crippen molar-refractivity contribution in [1.82, 2.24) is 24.5 Å². The smallest absolute Gasteiger partial charge is 0.229 e. The third kappa shape index (κ3) is 3.01. The van der Waals surface area contributed by atoms with E-state index >= 15 is 0 Å². The molecule has 3 heterocycles. The van der Waals surface area contributed by atoms with Gasteiger partial charge in [-0.05, 0) is 43.2 Å². The SMILES string of the molecule is CCc1cccc(Nc2ncc3nc(-c4ccncc4)n(CC)c3n2)c1. The van der Waals surface area contributed by atoms with Crippen LogP contribution in [-0.2, 0) is 13.0 Å². The van der Waals surface area contributed by atoms with Crippen LogP contribution in [0, 0.1) is 0 Å². The average molecular weight is 344 g/mol. The second-order valence-corrected chi connectivity index (χ2v) is 6.00. The summed E-state index contributed by atoms with van der Waals surface area (Å²) in [5, 5.41) is 3.30. The number of rotatable bonds is 5. The highest BCUT2D eigenvalue weighted by molar-refractivity contribution is 5.77. The van der Waals surface area contributed by atoms with E-state index in [-0.39, 0.29) is 0 Å². The van der Waals surface area contributed by atoms with Crippen LogP contribution in [0.2, 0.25) is 0 Å². The minimum absolute atomic E-state index is 0.571. The number of benzene rings is 1. The van der Waals surface area contributed by atoms with Gasteiger partial charge >= 0.3 is 0 Å². The zero-order chi connectivity index (χ0) is 17.9. The zero-order valence-corrected chi connectivity index (χ0v) is 14.8. The molecule has 0 radical (unpaired) electrons.